The van der Waals surface area contributed by atoms with Gasteiger partial charge in [0.1, 0.15) is 9.84 Å². The van der Waals surface area contributed by atoms with Crippen LogP contribution in [0.25, 0.3) is 0 Å². The summed E-state index contributed by atoms with van der Waals surface area (Å²) in [6, 6.07) is 0. The molecule has 1 heterocycles. The Hall–Kier alpha value is -0.670. The maximum atomic E-state index is 12.1. The summed E-state index contributed by atoms with van der Waals surface area (Å²) in [5.74, 6) is -1.22. The molecule has 1 aliphatic carbocycles. The second-order valence-electron chi connectivity index (χ2n) is 5.66. The number of carboxylic acid groups (broad SMARTS) is 1. The molecule has 9 heteroatoms. The maximum Gasteiger partial charge on any atom is 0.310 e. The van der Waals surface area contributed by atoms with Crippen LogP contribution >= 0.6 is 0 Å². The molecule has 1 aliphatic heterocycles. The van der Waals surface area contributed by atoms with Crippen LogP contribution in [-0.2, 0) is 24.7 Å². The number of nitrogens with one attached hydrogen (secondary N) is 1. The second kappa shape index (κ2) is 5.27. The van der Waals surface area contributed by atoms with E-state index in [4.69, 9.17) is 5.11 Å². The van der Waals surface area contributed by atoms with E-state index < -0.39 is 36.5 Å². The number of carboxylic acids is 1. The highest BCUT2D eigenvalue weighted by Gasteiger charge is 2.45. The molecule has 20 heavy (non-hydrogen) atoms. The Morgan fingerprint density at radius 1 is 1.25 bits per heavy atom. The number of hydrogen-bond donors (Lipinski definition) is 2. The Bertz CT molecular complexity index is 576. The van der Waals surface area contributed by atoms with Crippen molar-refractivity contribution in [3.8, 4) is 0 Å². The molecule has 7 nitrogen and oxygen atoms in total. The summed E-state index contributed by atoms with van der Waals surface area (Å²) in [6.07, 6.45) is 1.90. The van der Waals surface area contributed by atoms with Crippen molar-refractivity contribution in [1.29, 1.82) is 0 Å². The van der Waals surface area contributed by atoms with Gasteiger partial charge in [-0.15, -0.1) is 0 Å². The van der Waals surface area contributed by atoms with E-state index in [1.165, 1.54) is 0 Å². The minimum absolute atomic E-state index is 0.0811. The zero-order valence-electron chi connectivity index (χ0n) is 11.0. The van der Waals surface area contributed by atoms with Crippen molar-refractivity contribution < 1.29 is 26.7 Å². The number of sulfonamides is 1. The van der Waals surface area contributed by atoms with Crippen molar-refractivity contribution in [2.24, 2.45) is 5.41 Å². The molecule has 1 saturated heterocycles. The fraction of sp³-hybridized carbons (Fsp3) is 0.909. The highest BCUT2D eigenvalue weighted by atomic mass is 32.2. The first kappa shape index (κ1) is 15.7. The van der Waals surface area contributed by atoms with Crippen molar-refractivity contribution in [3.05, 3.63) is 0 Å². The van der Waals surface area contributed by atoms with E-state index in [1.807, 2.05) is 0 Å². The zero-order chi connectivity index (χ0) is 15.0. The molecule has 0 aromatic rings. The molecule has 0 unspecified atom stereocenters. The third kappa shape index (κ3) is 3.15. The third-order valence-corrected chi connectivity index (χ3v) is 7.93. The Morgan fingerprint density at radius 3 is 2.20 bits per heavy atom. The van der Waals surface area contributed by atoms with Crippen molar-refractivity contribution in [3.63, 3.8) is 0 Å². The lowest BCUT2D eigenvalue weighted by Crippen LogP contribution is -2.50. The highest BCUT2D eigenvalue weighted by molar-refractivity contribution is 7.92. The van der Waals surface area contributed by atoms with E-state index in [0.717, 1.165) is 6.42 Å². The van der Waals surface area contributed by atoms with Crippen LogP contribution in [0.15, 0.2) is 0 Å². The van der Waals surface area contributed by atoms with E-state index in [1.54, 1.807) is 0 Å². The van der Waals surface area contributed by atoms with Gasteiger partial charge in [0.15, 0.2) is 0 Å². The van der Waals surface area contributed by atoms with Gasteiger partial charge in [0.2, 0.25) is 10.0 Å². The molecule has 2 N–H and O–H groups in total. The minimum atomic E-state index is -3.65. The standard InChI is InChI=1S/C11H19NO6S2/c13-10(14)11(4-1-5-11)8-12-20(17,18)9-2-6-19(15,16)7-3-9/h9,12H,1-8H2,(H,13,14). The van der Waals surface area contributed by atoms with Gasteiger partial charge in [0.05, 0.1) is 22.2 Å². The minimum Gasteiger partial charge on any atom is -0.481 e. The van der Waals surface area contributed by atoms with E-state index in [-0.39, 0.29) is 30.9 Å². The third-order valence-electron chi connectivity index (χ3n) is 4.32. The highest BCUT2D eigenvalue weighted by Crippen LogP contribution is 2.40. The molecule has 0 atom stereocenters. The number of rotatable bonds is 5. The van der Waals surface area contributed by atoms with Crippen LogP contribution < -0.4 is 4.72 Å². The van der Waals surface area contributed by atoms with Crippen molar-refractivity contribution >= 4 is 25.8 Å². The van der Waals surface area contributed by atoms with Crippen LogP contribution in [0.5, 0.6) is 0 Å². The first-order valence-corrected chi connectivity index (χ1v) is 9.96. The summed E-state index contributed by atoms with van der Waals surface area (Å²) in [4.78, 5) is 11.2. The van der Waals surface area contributed by atoms with Crippen LogP contribution in [0.2, 0.25) is 0 Å². The summed E-state index contributed by atoms with van der Waals surface area (Å²) in [7, 11) is -6.77. The number of aliphatic carboxylic acids is 1. The van der Waals surface area contributed by atoms with Gasteiger partial charge in [-0.25, -0.2) is 21.6 Å². The van der Waals surface area contributed by atoms with Crippen molar-refractivity contribution in [2.75, 3.05) is 18.1 Å². The summed E-state index contributed by atoms with van der Waals surface area (Å²) < 4.78 is 49.2. The predicted molar refractivity (Wildman–Crippen MR) is 72.5 cm³/mol. The molecular weight excluding hydrogens is 306 g/mol. The average molecular weight is 325 g/mol. The summed E-state index contributed by atoms with van der Waals surface area (Å²) in [5, 5.41) is 8.41. The summed E-state index contributed by atoms with van der Waals surface area (Å²) in [6.45, 7) is -0.103. The fourth-order valence-electron chi connectivity index (χ4n) is 2.61. The lowest BCUT2D eigenvalue weighted by molar-refractivity contribution is -0.153. The van der Waals surface area contributed by atoms with Gasteiger partial charge < -0.3 is 5.11 Å². The molecule has 0 radical (unpaired) electrons. The quantitative estimate of drug-likeness (QED) is 0.719. The van der Waals surface area contributed by atoms with Gasteiger partial charge >= 0.3 is 5.97 Å². The largest absolute Gasteiger partial charge is 0.481 e. The predicted octanol–water partition coefficient (Wildman–Crippen LogP) is -0.262. The van der Waals surface area contributed by atoms with Crippen molar-refractivity contribution in [1.82, 2.24) is 4.72 Å². The van der Waals surface area contributed by atoms with Gasteiger partial charge in [-0.3, -0.25) is 4.79 Å². The van der Waals surface area contributed by atoms with Crippen LogP contribution in [0.1, 0.15) is 32.1 Å². The topological polar surface area (TPSA) is 118 Å². The first-order valence-electron chi connectivity index (χ1n) is 6.59. The van der Waals surface area contributed by atoms with E-state index in [9.17, 15) is 21.6 Å². The van der Waals surface area contributed by atoms with Gasteiger partial charge in [-0.05, 0) is 25.7 Å². The normalized spacial score (nSPS) is 25.8. The molecule has 0 aromatic heterocycles. The Balaban J connectivity index is 1.97. The molecular formula is C11H19NO6S2. The first-order chi connectivity index (χ1) is 9.17. The van der Waals surface area contributed by atoms with Gasteiger partial charge in [0.25, 0.3) is 0 Å². The van der Waals surface area contributed by atoms with Gasteiger partial charge in [-0.1, -0.05) is 6.42 Å². The monoisotopic (exact) mass is 325 g/mol. The summed E-state index contributed by atoms with van der Waals surface area (Å²) in [5.41, 5.74) is -0.978. The van der Waals surface area contributed by atoms with Crippen LogP contribution in [0.3, 0.4) is 0 Å². The smallest absolute Gasteiger partial charge is 0.310 e. The molecule has 0 amide bonds. The molecule has 1 saturated carbocycles. The zero-order valence-corrected chi connectivity index (χ0v) is 12.7. The van der Waals surface area contributed by atoms with Crippen LogP contribution in [0.4, 0.5) is 0 Å². The SMILES string of the molecule is O=C(O)C1(CNS(=O)(=O)C2CCS(=O)(=O)CC2)CCC1. The number of sulfone groups is 1. The molecule has 2 rings (SSSR count). The Labute approximate surface area is 118 Å². The van der Waals surface area contributed by atoms with Crippen LogP contribution in [0, 0.1) is 5.41 Å². The van der Waals surface area contributed by atoms with E-state index >= 15 is 0 Å². The molecule has 0 spiro atoms. The Morgan fingerprint density at radius 2 is 1.80 bits per heavy atom. The maximum absolute atomic E-state index is 12.1. The summed E-state index contributed by atoms with van der Waals surface area (Å²) >= 11 is 0. The van der Waals surface area contributed by atoms with Crippen molar-refractivity contribution in [2.45, 2.75) is 37.4 Å². The van der Waals surface area contributed by atoms with Gasteiger partial charge in [-0.2, -0.15) is 0 Å². The van der Waals surface area contributed by atoms with E-state index in [0.29, 0.717) is 12.8 Å². The Kier molecular flexibility index (Phi) is 4.14. The average Bonchev–Trinajstić information content (AvgIpc) is 2.26. The molecule has 2 aliphatic rings. The lowest BCUT2D eigenvalue weighted by Gasteiger charge is -2.38. The van der Waals surface area contributed by atoms with Gasteiger partial charge in [0, 0.05) is 6.54 Å². The molecule has 116 valence electrons. The molecule has 0 bridgehead atoms. The number of carbonyl (C=O) groups is 1. The lowest BCUT2D eigenvalue weighted by atomic mass is 9.69. The number of hydrogen-bond acceptors (Lipinski definition) is 5. The molecule has 2 fully saturated rings. The fourth-order valence-corrected chi connectivity index (χ4v) is 5.96. The second-order valence-corrected chi connectivity index (χ2v) is 10.0. The van der Waals surface area contributed by atoms with E-state index in [2.05, 4.69) is 4.72 Å². The van der Waals surface area contributed by atoms with Crippen LogP contribution in [-0.4, -0.2) is 51.2 Å². The molecule has 0 aromatic carbocycles.